The van der Waals surface area contributed by atoms with E-state index in [-0.39, 0.29) is 0 Å². The second-order valence-corrected chi connectivity index (χ2v) is 4.82. The third-order valence-electron chi connectivity index (χ3n) is 3.09. The molecule has 0 heterocycles. The summed E-state index contributed by atoms with van der Waals surface area (Å²) in [5, 5.41) is 0. The number of hydrogen-bond acceptors (Lipinski definition) is 1. The van der Waals surface area contributed by atoms with Crippen molar-refractivity contribution >= 4 is 0 Å². The molecule has 0 saturated carbocycles. The van der Waals surface area contributed by atoms with Gasteiger partial charge in [0, 0.05) is 6.54 Å². The molecule has 0 aromatic heterocycles. The predicted octanol–water partition coefficient (Wildman–Crippen LogP) is 4.75. The molecule has 98 valence electrons. The Labute approximate surface area is 107 Å². The van der Waals surface area contributed by atoms with Crippen LogP contribution in [0.15, 0.2) is 34.9 Å². The van der Waals surface area contributed by atoms with Gasteiger partial charge in [-0.15, -0.1) is 0 Å². The van der Waals surface area contributed by atoms with Crippen molar-refractivity contribution in [1.29, 1.82) is 0 Å². The summed E-state index contributed by atoms with van der Waals surface area (Å²) in [6, 6.07) is 0. The maximum atomic E-state index is 5.47. The third-order valence-corrected chi connectivity index (χ3v) is 3.09. The largest absolute Gasteiger partial charge is 0.327 e. The van der Waals surface area contributed by atoms with Crippen LogP contribution in [0.4, 0.5) is 0 Å². The van der Waals surface area contributed by atoms with E-state index in [2.05, 4.69) is 45.9 Å². The fraction of sp³-hybridized carbons (Fsp3) is 0.625. The standard InChI is InChI=1S/C16H29N/c1-5-14(2)8-6-9-15(3)10-7-11-16(4)12-13-17/h8,10,12H,5-7,9,11,13,17H2,1-4H3. The average Bonchev–Trinajstić information content (AvgIpc) is 2.29. The molecule has 17 heavy (non-hydrogen) atoms. The van der Waals surface area contributed by atoms with Crippen molar-refractivity contribution in [1.82, 2.24) is 0 Å². The monoisotopic (exact) mass is 235 g/mol. The van der Waals surface area contributed by atoms with E-state index in [0.29, 0.717) is 6.54 Å². The second kappa shape index (κ2) is 10.3. The Bertz CT molecular complexity index is 282. The molecule has 1 nitrogen and oxygen atoms in total. The quantitative estimate of drug-likeness (QED) is 0.603. The van der Waals surface area contributed by atoms with Gasteiger partial charge in [0.15, 0.2) is 0 Å². The molecule has 0 radical (unpaired) electrons. The van der Waals surface area contributed by atoms with E-state index in [1.165, 1.54) is 36.0 Å². The molecule has 2 N–H and O–H groups in total. The molecular weight excluding hydrogens is 206 g/mol. The number of hydrogen-bond donors (Lipinski definition) is 1. The molecule has 0 fully saturated rings. The second-order valence-electron chi connectivity index (χ2n) is 4.82. The number of rotatable bonds is 8. The van der Waals surface area contributed by atoms with Crippen molar-refractivity contribution in [2.75, 3.05) is 6.54 Å². The highest BCUT2D eigenvalue weighted by Gasteiger charge is 1.91. The van der Waals surface area contributed by atoms with Crippen LogP contribution >= 0.6 is 0 Å². The van der Waals surface area contributed by atoms with Gasteiger partial charge in [-0.25, -0.2) is 0 Å². The summed E-state index contributed by atoms with van der Waals surface area (Å²) >= 11 is 0. The van der Waals surface area contributed by atoms with Gasteiger partial charge < -0.3 is 5.73 Å². The summed E-state index contributed by atoms with van der Waals surface area (Å²) in [6.45, 7) is 9.47. The number of allylic oxidation sites excluding steroid dienone is 5. The van der Waals surface area contributed by atoms with Crippen molar-refractivity contribution in [2.45, 2.75) is 59.8 Å². The topological polar surface area (TPSA) is 26.0 Å². The molecule has 0 aromatic rings. The van der Waals surface area contributed by atoms with E-state index in [1.54, 1.807) is 0 Å². The van der Waals surface area contributed by atoms with Crippen LogP contribution in [0.25, 0.3) is 0 Å². The summed E-state index contributed by atoms with van der Waals surface area (Å²) < 4.78 is 0. The van der Waals surface area contributed by atoms with E-state index < -0.39 is 0 Å². The Kier molecular flexibility index (Phi) is 9.84. The van der Waals surface area contributed by atoms with Gasteiger partial charge in [-0.1, -0.05) is 41.9 Å². The molecule has 0 aliphatic rings. The fourth-order valence-electron chi connectivity index (χ4n) is 1.64. The molecule has 0 saturated heterocycles. The van der Waals surface area contributed by atoms with Crippen LogP contribution in [0.2, 0.25) is 0 Å². The highest BCUT2D eigenvalue weighted by molar-refractivity contribution is 5.06. The van der Waals surface area contributed by atoms with Crippen molar-refractivity contribution in [2.24, 2.45) is 5.73 Å². The molecule has 0 amide bonds. The molecule has 0 aromatic carbocycles. The average molecular weight is 235 g/mol. The van der Waals surface area contributed by atoms with Crippen molar-refractivity contribution in [3.63, 3.8) is 0 Å². The maximum Gasteiger partial charge on any atom is 0.0109 e. The Morgan fingerprint density at radius 1 is 0.824 bits per heavy atom. The van der Waals surface area contributed by atoms with Gasteiger partial charge in [0.05, 0.1) is 0 Å². The van der Waals surface area contributed by atoms with Gasteiger partial charge in [0.1, 0.15) is 0 Å². The lowest BCUT2D eigenvalue weighted by Gasteiger charge is -2.01. The first-order valence-electron chi connectivity index (χ1n) is 6.77. The minimum atomic E-state index is 0.662. The molecule has 0 aliphatic heterocycles. The number of nitrogens with two attached hydrogens (primary N) is 1. The lowest BCUT2D eigenvalue weighted by atomic mass is 10.1. The van der Waals surface area contributed by atoms with Gasteiger partial charge >= 0.3 is 0 Å². The normalized spacial score (nSPS) is 14.3. The first kappa shape index (κ1) is 16.2. The van der Waals surface area contributed by atoms with Crippen molar-refractivity contribution < 1.29 is 0 Å². The van der Waals surface area contributed by atoms with E-state index in [9.17, 15) is 0 Å². The van der Waals surface area contributed by atoms with E-state index in [4.69, 9.17) is 5.73 Å². The highest BCUT2D eigenvalue weighted by atomic mass is 14.5. The first-order chi connectivity index (χ1) is 8.10. The summed E-state index contributed by atoms with van der Waals surface area (Å²) in [4.78, 5) is 0. The zero-order valence-electron chi connectivity index (χ0n) is 12.1. The zero-order valence-corrected chi connectivity index (χ0v) is 12.1. The molecule has 0 unspecified atom stereocenters. The Hall–Kier alpha value is -0.820. The Morgan fingerprint density at radius 3 is 1.76 bits per heavy atom. The van der Waals surface area contributed by atoms with E-state index >= 15 is 0 Å². The van der Waals surface area contributed by atoms with Crippen LogP contribution in [-0.2, 0) is 0 Å². The van der Waals surface area contributed by atoms with E-state index in [0.717, 1.165) is 12.8 Å². The van der Waals surface area contributed by atoms with Crippen LogP contribution in [0.1, 0.15) is 59.8 Å². The lowest BCUT2D eigenvalue weighted by molar-refractivity contribution is 0.909. The van der Waals surface area contributed by atoms with Crippen LogP contribution in [0.3, 0.4) is 0 Å². The molecule has 0 spiro atoms. The molecule has 1 heteroatoms. The molecule has 0 aliphatic carbocycles. The minimum absolute atomic E-state index is 0.662. The third kappa shape index (κ3) is 10.1. The van der Waals surface area contributed by atoms with Gasteiger partial charge in [-0.05, 0) is 52.9 Å². The molecular formula is C16H29N. The fourth-order valence-corrected chi connectivity index (χ4v) is 1.64. The first-order valence-corrected chi connectivity index (χ1v) is 6.77. The van der Waals surface area contributed by atoms with Gasteiger partial charge in [0.25, 0.3) is 0 Å². The molecule has 0 atom stereocenters. The lowest BCUT2D eigenvalue weighted by Crippen LogP contribution is -1.94. The minimum Gasteiger partial charge on any atom is -0.327 e. The highest BCUT2D eigenvalue weighted by Crippen LogP contribution is 2.11. The smallest absolute Gasteiger partial charge is 0.0109 e. The van der Waals surface area contributed by atoms with Crippen LogP contribution in [0.5, 0.6) is 0 Å². The molecule has 0 rings (SSSR count). The van der Waals surface area contributed by atoms with E-state index in [1.807, 2.05) is 0 Å². The van der Waals surface area contributed by atoms with Gasteiger partial charge in [0.2, 0.25) is 0 Å². The van der Waals surface area contributed by atoms with Gasteiger partial charge in [-0.3, -0.25) is 0 Å². The van der Waals surface area contributed by atoms with Gasteiger partial charge in [-0.2, -0.15) is 0 Å². The summed E-state index contributed by atoms with van der Waals surface area (Å²) in [6.07, 6.45) is 12.7. The van der Waals surface area contributed by atoms with Crippen LogP contribution < -0.4 is 5.73 Å². The van der Waals surface area contributed by atoms with Crippen LogP contribution in [0, 0.1) is 0 Å². The Balaban J connectivity index is 3.83. The van der Waals surface area contributed by atoms with Crippen molar-refractivity contribution in [3.8, 4) is 0 Å². The molecule has 0 bridgehead atoms. The SMILES string of the molecule is CCC(C)=CCCC(C)=CCCC(C)=CCN. The summed E-state index contributed by atoms with van der Waals surface area (Å²) in [7, 11) is 0. The zero-order chi connectivity index (χ0) is 13.1. The summed E-state index contributed by atoms with van der Waals surface area (Å²) in [5.41, 5.74) is 9.88. The predicted molar refractivity (Wildman–Crippen MR) is 79.1 cm³/mol. The summed E-state index contributed by atoms with van der Waals surface area (Å²) in [5.74, 6) is 0. The Morgan fingerprint density at radius 2 is 1.29 bits per heavy atom. The van der Waals surface area contributed by atoms with Crippen molar-refractivity contribution in [3.05, 3.63) is 34.9 Å². The van der Waals surface area contributed by atoms with Crippen LogP contribution in [-0.4, -0.2) is 6.54 Å². The maximum absolute atomic E-state index is 5.47.